The largest absolute Gasteiger partial charge is 0.476 e. The lowest BCUT2D eigenvalue weighted by atomic mass is 10.1. The molecule has 25 heavy (non-hydrogen) atoms. The lowest BCUT2D eigenvalue weighted by Crippen LogP contribution is -2.31. The fourth-order valence-electron chi connectivity index (χ4n) is 3.07. The van der Waals surface area contributed by atoms with Gasteiger partial charge in [0.25, 0.3) is 0 Å². The zero-order valence-electron chi connectivity index (χ0n) is 13.2. The molecule has 1 atom stereocenters. The van der Waals surface area contributed by atoms with E-state index in [9.17, 15) is 14.7 Å². The van der Waals surface area contributed by atoms with Crippen molar-refractivity contribution in [1.29, 1.82) is 0 Å². The molecule has 7 nitrogen and oxygen atoms in total. The van der Waals surface area contributed by atoms with Crippen molar-refractivity contribution in [3.63, 3.8) is 0 Å². The van der Waals surface area contributed by atoms with Gasteiger partial charge in [-0.2, -0.15) is 10.3 Å². The molecule has 2 aromatic rings. The van der Waals surface area contributed by atoms with Crippen LogP contribution in [-0.2, 0) is 11.2 Å². The first-order chi connectivity index (χ1) is 12.0. The van der Waals surface area contributed by atoms with E-state index in [0.717, 1.165) is 12.0 Å². The van der Waals surface area contributed by atoms with E-state index < -0.39 is 5.97 Å². The van der Waals surface area contributed by atoms with Gasteiger partial charge < -0.3 is 10.0 Å². The van der Waals surface area contributed by atoms with E-state index in [0.29, 0.717) is 41.5 Å². The van der Waals surface area contributed by atoms with Gasteiger partial charge in [-0.25, -0.2) is 4.79 Å². The maximum Gasteiger partial charge on any atom is 0.358 e. The van der Waals surface area contributed by atoms with Gasteiger partial charge in [-0.3, -0.25) is 4.79 Å². The molecule has 2 N–H and O–H groups in total. The molecule has 0 saturated carbocycles. The van der Waals surface area contributed by atoms with Gasteiger partial charge in [-0.1, -0.05) is 29.3 Å². The summed E-state index contributed by atoms with van der Waals surface area (Å²) in [4.78, 5) is 25.5. The molecule has 1 aliphatic rings. The van der Waals surface area contributed by atoms with Crippen molar-refractivity contribution in [2.75, 3.05) is 6.54 Å². The lowest BCUT2D eigenvalue weighted by molar-refractivity contribution is -0.132. The first-order valence-corrected chi connectivity index (χ1v) is 8.60. The first kappa shape index (κ1) is 17.7. The summed E-state index contributed by atoms with van der Waals surface area (Å²) in [6, 6.07) is 4.94. The highest BCUT2D eigenvalue weighted by Gasteiger charge is 2.34. The second kappa shape index (κ2) is 7.41. The number of likely N-dealkylation sites (tertiary alicyclic amines) is 1. The van der Waals surface area contributed by atoms with Crippen LogP contribution in [0.4, 0.5) is 0 Å². The second-order valence-corrected chi connectivity index (χ2v) is 6.67. The van der Waals surface area contributed by atoms with Gasteiger partial charge in [0.15, 0.2) is 5.69 Å². The predicted molar refractivity (Wildman–Crippen MR) is 91.8 cm³/mol. The minimum atomic E-state index is -1.15. The van der Waals surface area contributed by atoms with Crippen LogP contribution >= 0.6 is 23.2 Å². The normalized spacial score (nSPS) is 17.0. The number of carboxylic acids is 1. The first-order valence-electron chi connectivity index (χ1n) is 7.84. The van der Waals surface area contributed by atoms with Gasteiger partial charge >= 0.3 is 5.97 Å². The Kier molecular flexibility index (Phi) is 5.24. The summed E-state index contributed by atoms with van der Waals surface area (Å²) in [5.74, 6) is -1.20. The second-order valence-electron chi connectivity index (χ2n) is 5.86. The molecule has 0 spiro atoms. The van der Waals surface area contributed by atoms with Crippen molar-refractivity contribution < 1.29 is 14.7 Å². The predicted octanol–water partition coefficient (Wildman–Crippen LogP) is 3.11. The van der Waals surface area contributed by atoms with Crippen LogP contribution in [0, 0.1) is 0 Å². The van der Waals surface area contributed by atoms with Crippen molar-refractivity contribution in [2.45, 2.75) is 31.7 Å². The van der Waals surface area contributed by atoms with Crippen LogP contribution in [0.5, 0.6) is 0 Å². The standard InChI is InChI=1S/C16H16Cl2N4O3/c17-10-5-3-9(8-11(10)18)4-6-13(23)22-7-1-2-12(22)14-15(16(24)25)20-21-19-14/h3,5,8,12H,1-2,4,6-7H2,(H,24,25)(H,19,20,21). The van der Waals surface area contributed by atoms with Gasteiger partial charge in [0.1, 0.15) is 5.69 Å². The minimum Gasteiger partial charge on any atom is -0.476 e. The molecule has 0 aliphatic carbocycles. The van der Waals surface area contributed by atoms with E-state index >= 15 is 0 Å². The third kappa shape index (κ3) is 3.77. The van der Waals surface area contributed by atoms with Crippen LogP contribution in [0.25, 0.3) is 0 Å². The van der Waals surface area contributed by atoms with E-state index in [4.69, 9.17) is 23.2 Å². The van der Waals surface area contributed by atoms with Crippen molar-refractivity contribution in [2.24, 2.45) is 0 Å². The van der Waals surface area contributed by atoms with E-state index in [1.807, 2.05) is 6.07 Å². The average molecular weight is 383 g/mol. The summed E-state index contributed by atoms with van der Waals surface area (Å²) in [5.41, 5.74) is 1.10. The average Bonchev–Trinajstić information content (AvgIpc) is 3.23. The van der Waals surface area contributed by atoms with E-state index in [-0.39, 0.29) is 17.6 Å². The Labute approximate surface area is 153 Å². The van der Waals surface area contributed by atoms with Crippen LogP contribution in [0.1, 0.15) is 47.1 Å². The number of halogens is 2. The molecule has 1 amide bonds. The van der Waals surface area contributed by atoms with Crippen LogP contribution in [-0.4, -0.2) is 43.8 Å². The summed E-state index contributed by atoms with van der Waals surface area (Å²) < 4.78 is 0. The Morgan fingerprint density at radius 2 is 2.08 bits per heavy atom. The van der Waals surface area contributed by atoms with Gasteiger partial charge in [-0.05, 0) is 37.0 Å². The number of carbonyl (C=O) groups is 2. The van der Waals surface area contributed by atoms with Crippen molar-refractivity contribution >= 4 is 35.1 Å². The Bertz CT molecular complexity index is 808. The van der Waals surface area contributed by atoms with Crippen LogP contribution in [0.2, 0.25) is 10.0 Å². The zero-order chi connectivity index (χ0) is 18.0. The van der Waals surface area contributed by atoms with Crippen molar-refractivity contribution in [3.8, 4) is 0 Å². The monoisotopic (exact) mass is 382 g/mol. The van der Waals surface area contributed by atoms with Gasteiger partial charge in [0.05, 0.1) is 16.1 Å². The van der Waals surface area contributed by atoms with Crippen LogP contribution in [0.15, 0.2) is 18.2 Å². The molecule has 132 valence electrons. The number of hydrogen-bond donors (Lipinski definition) is 2. The summed E-state index contributed by atoms with van der Waals surface area (Å²) >= 11 is 11.9. The molecule has 3 rings (SSSR count). The van der Waals surface area contributed by atoms with E-state index in [2.05, 4.69) is 15.4 Å². The topological polar surface area (TPSA) is 99.2 Å². The molecule has 1 aromatic carbocycles. The number of carboxylic acid groups (broad SMARTS) is 1. The molecular weight excluding hydrogens is 367 g/mol. The van der Waals surface area contributed by atoms with Crippen molar-refractivity contribution in [1.82, 2.24) is 20.3 Å². The highest BCUT2D eigenvalue weighted by atomic mass is 35.5. The Hall–Kier alpha value is -2.12. The Morgan fingerprint density at radius 1 is 1.28 bits per heavy atom. The number of aromatic nitrogens is 3. The molecule has 1 fully saturated rings. The van der Waals surface area contributed by atoms with E-state index in [1.165, 1.54) is 0 Å². The molecule has 9 heteroatoms. The third-order valence-corrected chi connectivity index (χ3v) is 5.02. The van der Waals surface area contributed by atoms with Crippen LogP contribution in [0.3, 0.4) is 0 Å². The number of benzene rings is 1. The zero-order valence-corrected chi connectivity index (χ0v) is 14.7. The number of amides is 1. The Morgan fingerprint density at radius 3 is 2.80 bits per heavy atom. The SMILES string of the molecule is O=C(O)c1n[nH]nc1C1CCCN1C(=O)CCc1ccc(Cl)c(Cl)c1. The summed E-state index contributed by atoms with van der Waals surface area (Å²) in [6.07, 6.45) is 2.30. The molecule has 0 radical (unpaired) electrons. The van der Waals surface area contributed by atoms with Gasteiger partial charge in [0.2, 0.25) is 5.91 Å². The van der Waals surface area contributed by atoms with Gasteiger partial charge in [0, 0.05) is 13.0 Å². The molecule has 2 heterocycles. The highest BCUT2D eigenvalue weighted by Crippen LogP contribution is 2.33. The van der Waals surface area contributed by atoms with Crippen LogP contribution < -0.4 is 0 Å². The Balaban J connectivity index is 1.69. The van der Waals surface area contributed by atoms with Gasteiger partial charge in [-0.15, -0.1) is 5.10 Å². The minimum absolute atomic E-state index is 0.0482. The molecular formula is C16H16Cl2N4O3. The fourth-order valence-corrected chi connectivity index (χ4v) is 3.39. The van der Waals surface area contributed by atoms with Crippen molar-refractivity contribution in [3.05, 3.63) is 45.2 Å². The number of rotatable bonds is 5. The third-order valence-electron chi connectivity index (χ3n) is 4.28. The number of nitrogens with zero attached hydrogens (tertiary/aromatic N) is 3. The maximum atomic E-state index is 12.6. The summed E-state index contributed by atoms with van der Waals surface area (Å²) in [5, 5.41) is 20.1. The number of carbonyl (C=O) groups excluding carboxylic acids is 1. The number of aromatic amines is 1. The number of nitrogens with one attached hydrogen (secondary N) is 1. The summed E-state index contributed by atoms with van der Waals surface area (Å²) in [7, 11) is 0. The number of hydrogen-bond acceptors (Lipinski definition) is 4. The molecule has 1 unspecified atom stereocenters. The lowest BCUT2D eigenvalue weighted by Gasteiger charge is -2.23. The molecule has 0 bridgehead atoms. The molecule has 1 aromatic heterocycles. The van der Waals surface area contributed by atoms with E-state index in [1.54, 1.807) is 17.0 Å². The summed E-state index contributed by atoms with van der Waals surface area (Å²) in [6.45, 7) is 0.580. The quantitative estimate of drug-likeness (QED) is 0.827. The number of H-pyrrole nitrogens is 1. The molecule has 1 aliphatic heterocycles. The fraction of sp³-hybridized carbons (Fsp3) is 0.375. The maximum absolute atomic E-state index is 12.6. The number of aromatic carboxylic acids is 1. The highest BCUT2D eigenvalue weighted by molar-refractivity contribution is 6.42. The smallest absolute Gasteiger partial charge is 0.358 e. The number of aryl methyl sites for hydroxylation is 1. The molecule has 1 saturated heterocycles.